The summed E-state index contributed by atoms with van der Waals surface area (Å²) in [7, 11) is 0. The largest absolute Gasteiger partial charge is 0.411 e. The van der Waals surface area contributed by atoms with E-state index in [-0.39, 0.29) is 11.7 Å². The maximum absolute atomic E-state index is 12.0. The van der Waals surface area contributed by atoms with Crippen molar-refractivity contribution in [3.63, 3.8) is 0 Å². The summed E-state index contributed by atoms with van der Waals surface area (Å²) in [5.41, 5.74) is 1.64. The van der Waals surface area contributed by atoms with Gasteiger partial charge in [0.25, 0.3) is 5.22 Å². The van der Waals surface area contributed by atoms with E-state index in [0.717, 1.165) is 11.1 Å². The second-order valence-corrected chi connectivity index (χ2v) is 6.81. The van der Waals surface area contributed by atoms with E-state index < -0.39 is 0 Å². The van der Waals surface area contributed by atoms with Crippen LogP contribution in [-0.2, 0) is 11.3 Å². The number of nitrogens with one attached hydrogen (secondary N) is 1. The molecule has 0 fully saturated rings. The highest BCUT2D eigenvalue weighted by molar-refractivity contribution is 7.99. The molecule has 0 spiro atoms. The van der Waals surface area contributed by atoms with Crippen molar-refractivity contribution in [1.82, 2.24) is 15.5 Å². The summed E-state index contributed by atoms with van der Waals surface area (Å²) >= 11 is 13.1. The van der Waals surface area contributed by atoms with Gasteiger partial charge >= 0.3 is 0 Å². The Morgan fingerprint density at radius 3 is 2.68 bits per heavy atom. The van der Waals surface area contributed by atoms with E-state index in [1.807, 2.05) is 30.3 Å². The molecule has 1 N–H and O–H groups in total. The average Bonchev–Trinajstić information content (AvgIpc) is 3.09. The lowest BCUT2D eigenvalue weighted by Gasteiger charge is -2.06. The second-order valence-electron chi connectivity index (χ2n) is 5.04. The number of benzene rings is 2. The fourth-order valence-electron chi connectivity index (χ4n) is 2.00. The molecule has 0 aliphatic rings. The van der Waals surface area contributed by atoms with Gasteiger partial charge in [0.1, 0.15) is 0 Å². The summed E-state index contributed by atoms with van der Waals surface area (Å²) in [6.45, 7) is 0.328. The highest BCUT2D eigenvalue weighted by Crippen LogP contribution is 2.23. The van der Waals surface area contributed by atoms with Crippen molar-refractivity contribution in [1.29, 1.82) is 0 Å². The number of hydrogen-bond donors (Lipinski definition) is 1. The molecule has 3 aromatic rings. The molecule has 0 saturated carbocycles. The summed E-state index contributed by atoms with van der Waals surface area (Å²) < 4.78 is 5.54. The first-order valence-electron chi connectivity index (χ1n) is 7.34. The minimum Gasteiger partial charge on any atom is -0.411 e. The first-order valence-corrected chi connectivity index (χ1v) is 9.08. The van der Waals surface area contributed by atoms with E-state index in [2.05, 4.69) is 15.5 Å². The lowest BCUT2D eigenvalue weighted by molar-refractivity contribution is -0.118. The molecule has 0 bridgehead atoms. The zero-order chi connectivity index (χ0) is 17.6. The summed E-state index contributed by atoms with van der Waals surface area (Å²) in [5.74, 6) is 0.439. The van der Waals surface area contributed by atoms with Gasteiger partial charge in [0, 0.05) is 22.2 Å². The van der Waals surface area contributed by atoms with Crippen LogP contribution in [0.1, 0.15) is 5.56 Å². The number of rotatable bonds is 6. The standard InChI is InChI=1S/C17H13Cl2N3O2S/c18-13-7-6-12(14(19)8-13)9-20-15(23)10-25-17-22-21-16(24-17)11-4-2-1-3-5-11/h1-8H,9-10H2,(H,20,23). The van der Waals surface area contributed by atoms with Gasteiger partial charge in [-0.2, -0.15) is 0 Å². The number of aromatic nitrogens is 2. The number of carbonyl (C=O) groups is 1. The van der Waals surface area contributed by atoms with Crippen molar-refractivity contribution in [3.8, 4) is 11.5 Å². The van der Waals surface area contributed by atoms with Crippen molar-refractivity contribution in [2.75, 3.05) is 5.75 Å². The van der Waals surface area contributed by atoms with Crippen molar-refractivity contribution in [2.45, 2.75) is 11.8 Å². The van der Waals surface area contributed by atoms with Gasteiger partial charge in [0.2, 0.25) is 11.8 Å². The average molecular weight is 394 g/mol. The molecule has 1 aromatic heterocycles. The van der Waals surface area contributed by atoms with Gasteiger partial charge in [0.15, 0.2) is 0 Å². The van der Waals surface area contributed by atoms with Crippen LogP contribution in [0.2, 0.25) is 10.0 Å². The Labute approximate surface area is 158 Å². The maximum Gasteiger partial charge on any atom is 0.277 e. The Kier molecular flexibility index (Phi) is 5.96. The highest BCUT2D eigenvalue weighted by atomic mass is 35.5. The smallest absolute Gasteiger partial charge is 0.277 e. The molecule has 8 heteroatoms. The molecule has 0 aliphatic heterocycles. The number of carbonyl (C=O) groups excluding carboxylic acids is 1. The van der Waals surface area contributed by atoms with Crippen molar-refractivity contribution >= 4 is 40.9 Å². The number of halogens is 2. The minimum atomic E-state index is -0.157. The Balaban J connectivity index is 1.50. The van der Waals surface area contributed by atoms with E-state index in [9.17, 15) is 4.79 Å². The molecule has 1 amide bonds. The molecule has 1 heterocycles. The minimum absolute atomic E-state index is 0.157. The monoisotopic (exact) mass is 393 g/mol. The van der Waals surface area contributed by atoms with Gasteiger partial charge in [-0.1, -0.05) is 59.2 Å². The van der Waals surface area contributed by atoms with Gasteiger partial charge in [-0.3, -0.25) is 4.79 Å². The van der Waals surface area contributed by atoms with Gasteiger partial charge in [-0.15, -0.1) is 10.2 Å². The quantitative estimate of drug-likeness (QED) is 0.626. The number of hydrogen-bond acceptors (Lipinski definition) is 5. The van der Waals surface area contributed by atoms with Crippen LogP contribution in [0, 0.1) is 0 Å². The van der Waals surface area contributed by atoms with Crippen LogP contribution in [-0.4, -0.2) is 21.9 Å². The number of nitrogens with zero attached hydrogens (tertiary/aromatic N) is 2. The van der Waals surface area contributed by atoms with Gasteiger partial charge in [-0.25, -0.2) is 0 Å². The van der Waals surface area contributed by atoms with Gasteiger partial charge < -0.3 is 9.73 Å². The molecule has 25 heavy (non-hydrogen) atoms. The SMILES string of the molecule is O=C(CSc1nnc(-c2ccccc2)o1)NCc1ccc(Cl)cc1Cl. The van der Waals surface area contributed by atoms with Crippen LogP contribution in [0.25, 0.3) is 11.5 Å². The predicted octanol–water partition coefficient (Wildman–Crippen LogP) is 4.45. The number of thioether (sulfide) groups is 1. The van der Waals surface area contributed by atoms with E-state index in [4.69, 9.17) is 27.6 Å². The zero-order valence-corrected chi connectivity index (χ0v) is 15.2. The Hall–Kier alpha value is -2.02. The van der Waals surface area contributed by atoms with Crippen LogP contribution < -0.4 is 5.32 Å². The van der Waals surface area contributed by atoms with E-state index >= 15 is 0 Å². The lowest BCUT2D eigenvalue weighted by atomic mass is 10.2. The number of amides is 1. The van der Waals surface area contributed by atoms with E-state index in [0.29, 0.717) is 27.7 Å². The van der Waals surface area contributed by atoms with Gasteiger partial charge in [0.05, 0.1) is 5.75 Å². The van der Waals surface area contributed by atoms with Crippen molar-refractivity contribution in [2.24, 2.45) is 0 Å². The fraction of sp³-hybridized carbons (Fsp3) is 0.118. The molecule has 0 atom stereocenters. The Morgan fingerprint density at radius 1 is 1.12 bits per heavy atom. The molecular weight excluding hydrogens is 381 g/mol. The molecule has 3 rings (SSSR count). The Morgan fingerprint density at radius 2 is 1.92 bits per heavy atom. The van der Waals surface area contributed by atoms with E-state index in [1.165, 1.54) is 11.8 Å². The summed E-state index contributed by atoms with van der Waals surface area (Å²) in [5, 5.41) is 12.1. The normalized spacial score (nSPS) is 10.6. The highest BCUT2D eigenvalue weighted by Gasteiger charge is 2.11. The molecule has 5 nitrogen and oxygen atoms in total. The van der Waals surface area contributed by atoms with Crippen LogP contribution >= 0.6 is 35.0 Å². The van der Waals surface area contributed by atoms with Crippen molar-refractivity contribution in [3.05, 3.63) is 64.1 Å². The fourth-order valence-corrected chi connectivity index (χ4v) is 3.07. The van der Waals surface area contributed by atoms with Crippen LogP contribution in [0.15, 0.2) is 58.2 Å². The summed E-state index contributed by atoms with van der Waals surface area (Å²) in [4.78, 5) is 12.0. The zero-order valence-electron chi connectivity index (χ0n) is 12.9. The van der Waals surface area contributed by atoms with Crippen LogP contribution in [0.4, 0.5) is 0 Å². The second kappa shape index (κ2) is 8.38. The Bertz CT molecular complexity index is 871. The van der Waals surface area contributed by atoms with Crippen LogP contribution in [0.3, 0.4) is 0 Å². The first kappa shape index (κ1) is 17.8. The molecule has 128 valence electrons. The topological polar surface area (TPSA) is 68.0 Å². The third kappa shape index (κ3) is 4.98. The molecule has 0 aliphatic carbocycles. The van der Waals surface area contributed by atoms with Crippen LogP contribution in [0.5, 0.6) is 0 Å². The summed E-state index contributed by atoms with van der Waals surface area (Å²) in [6, 6.07) is 14.6. The first-order chi connectivity index (χ1) is 12.1. The predicted molar refractivity (Wildman–Crippen MR) is 98.8 cm³/mol. The van der Waals surface area contributed by atoms with Crippen molar-refractivity contribution < 1.29 is 9.21 Å². The van der Waals surface area contributed by atoms with Gasteiger partial charge in [-0.05, 0) is 29.8 Å². The summed E-state index contributed by atoms with van der Waals surface area (Å²) in [6.07, 6.45) is 0. The van der Waals surface area contributed by atoms with E-state index in [1.54, 1.807) is 18.2 Å². The maximum atomic E-state index is 12.0. The third-order valence-electron chi connectivity index (χ3n) is 3.25. The molecular formula is C17H13Cl2N3O2S. The molecule has 0 unspecified atom stereocenters. The lowest BCUT2D eigenvalue weighted by Crippen LogP contribution is -2.24. The molecule has 0 radical (unpaired) electrons. The molecule has 2 aromatic carbocycles. The third-order valence-corrected chi connectivity index (χ3v) is 4.65. The molecule has 0 saturated heterocycles.